The molecule has 7 nitrogen and oxygen atoms in total. The summed E-state index contributed by atoms with van der Waals surface area (Å²) in [7, 11) is 0. The van der Waals surface area contributed by atoms with Crippen LogP contribution >= 0.6 is 0 Å². The second-order valence-corrected chi connectivity index (χ2v) is 7.49. The first-order valence-corrected chi connectivity index (χ1v) is 10.5. The topological polar surface area (TPSA) is 81.5 Å². The Kier molecular flexibility index (Phi) is 5.82. The Morgan fingerprint density at radius 2 is 1.74 bits per heavy atom. The van der Waals surface area contributed by atoms with E-state index in [0.29, 0.717) is 46.6 Å². The summed E-state index contributed by atoms with van der Waals surface area (Å²) in [5, 5.41) is 13.9. The van der Waals surface area contributed by atoms with Crippen molar-refractivity contribution in [1.29, 1.82) is 0 Å². The van der Waals surface area contributed by atoms with E-state index in [4.69, 9.17) is 13.9 Å². The van der Waals surface area contributed by atoms with Crippen LogP contribution in [0.2, 0.25) is 0 Å². The van der Waals surface area contributed by atoms with Gasteiger partial charge in [0.15, 0.2) is 17.4 Å². The van der Waals surface area contributed by atoms with Gasteiger partial charge in [-0.15, -0.1) is 0 Å². The Balaban J connectivity index is 1.28. The number of aromatic nitrogens is 2. The summed E-state index contributed by atoms with van der Waals surface area (Å²) in [6.45, 7) is 0.602. The highest BCUT2D eigenvalue weighted by Gasteiger charge is 2.10. The number of halogens is 2. The van der Waals surface area contributed by atoms with E-state index in [-0.39, 0.29) is 12.4 Å². The number of hydrogen-bond donors (Lipinski definition) is 1. The van der Waals surface area contributed by atoms with Gasteiger partial charge in [-0.1, -0.05) is 5.16 Å². The number of rotatable bonds is 7. The Morgan fingerprint density at radius 3 is 2.53 bits per heavy atom. The molecule has 3 aromatic heterocycles. The van der Waals surface area contributed by atoms with E-state index in [0.717, 1.165) is 17.6 Å². The van der Waals surface area contributed by atoms with Gasteiger partial charge in [0.05, 0.1) is 24.9 Å². The quantitative estimate of drug-likeness (QED) is 0.205. The maximum absolute atomic E-state index is 13.2. The predicted molar refractivity (Wildman–Crippen MR) is 120 cm³/mol. The largest absolute Gasteiger partial charge is 0.493 e. The molecule has 3 heterocycles. The lowest BCUT2D eigenvalue weighted by molar-refractivity contribution is 0.246. The molecule has 2 aromatic carbocycles. The number of fused-ring (bicyclic) bond motifs is 2. The van der Waals surface area contributed by atoms with Crippen LogP contribution in [-0.2, 0) is 0 Å². The van der Waals surface area contributed by atoms with Crippen LogP contribution in [-0.4, -0.2) is 27.8 Å². The van der Waals surface area contributed by atoms with Gasteiger partial charge in [0, 0.05) is 30.3 Å². The highest BCUT2D eigenvalue weighted by Crippen LogP contribution is 2.25. The lowest BCUT2D eigenvalue weighted by Crippen LogP contribution is -2.07. The van der Waals surface area contributed by atoms with Crippen molar-refractivity contribution in [1.82, 2.24) is 9.38 Å². The Hall–Kier alpha value is -4.40. The maximum Gasteiger partial charge on any atom is 0.162 e. The fraction of sp³-hybridized carbons (Fsp3) is 0.120. The van der Waals surface area contributed by atoms with Gasteiger partial charge in [0.25, 0.3) is 0 Å². The molecule has 0 aliphatic heterocycles. The van der Waals surface area contributed by atoms with Crippen molar-refractivity contribution in [2.45, 2.75) is 6.42 Å². The second kappa shape index (κ2) is 9.22. The molecular weight excluding hydrogens is 444 g/mol. The molecule has 0 unspecified atom stereocenters. The molecule has 5 rings (SSSR count). The van der Waals surface area contributed by atoms with Crippen molar-refractivity contribution < 1.29 is 27.9 Å². The zero-order chi connectivity index (χ0) is 23.5. The molecule has 172 valence electrons. The van der Waals surface area contributed by atoms with Crippen LogP contribution in [0.4, 0.5) is 8.78 Å². The Morgan fingerprint density at radius 1 is 0.941 bits per heavy atom. The SMILES string of the molecule is ON=c1cc(-c2cc3cccn3cn2)oc2ccc(OCCCOc3ccc(F)c(F)c3)cc12. The number of benzene rings is 2. The first kappa shape index (κ1) is 21.4. The van der Waals surface area contributed by atoms with E-state index in [1.165, 1.54) is 6.07 Å². The smallest absolute Gasteiger partial charge is 0.162 e. The van der Waals surface area contributed by atoms with Crippen molar-refractivity contribution in [2.75, 3.05) is 13.2 Å². The lowest BCUT2D eigenvalue weighted by Gasteiger charge is -2.09. The summed E-state index contributed by atoms with van der Waals surface area (Å²) in [4.78, 5) is 4.41. The van der Waals surface area contributed by atoms with E-state index < -0.39 is 11.6 Å². The molecule has 0 atom stereocenters. The molecule has 0 radical (unpaired) electrons. The van der Waals surface area contributed by atoms with Gasteiger partial charge in [-0.25, -0.2) is 13.8 Å². The van der Waals surface area contributed by atoms with Crippen LogP contribution in [0.15, 0.2) is 82.8 Å². The first-order valence-electron chi connectivity index (χ1n) is 10.5. The summed E-state index contributed by atoms with van der Waals surface area (Å²) in [6.07, 6.45) is 4.10. The minimum absolute atomic E-state index is 0.252. The maximum atomic E-state index is 13.2. The third-order valence-electron chi connectivity index (χ3n) is 5.21. The molecule has 0 spiro atoms. The molecule has 1 N–H and O–H groups in total. The second-order valence-electron chi connectivity index (χ2n) is 7.49. The van der Waals surface area contributed by atoms with Crippen LogP contribution in [0.25, 0.3) is 27.9 Å². The van der Waals surface area contributed by atoms with Crippen molar-refractivity contribution >= 4 is 16.5 Å². The summed E-state index contributed by atoms with van der Waals surface area (Å²) in [5.41, 5.74) is 2.08. The van der Waals surface area contributed by atoms with Gasteiger partial charge in [-0.2, -0.15) is 0 Å². The highest BCUT2D eigenvalue weighted by molar-refractivity contribution is 5.80. The molecule has 0 aliphatic rings. The number of ether oxygens (including phenoxy) is 2. The van der Waals surface area contributed by atoms with Crippen molar-refractivity contribution in [3.05, 3.63) is 90.2 Å². The number of nitrogens with zero attached hydrogens (tertiary/aromatic N) is 3. The van der Waals surface area contributed by atoms with Crippen LogP contribution in [0.3, 0.4) is 0 Å². The average molecular weight is 463 g/mol. The first-order chi connectivity index (χ1) is 16.6. The van der Waals surface area contributed by atoms with Crippen LogP contribution in [0, 0.1) is 11.6 Å². The van der Waals surface area contributed by atoms with E-state index in [1.807, 2.05) is 28.8 Å². The van der Waals surface area contributed by atoms with Crippen LogP contribution in [0.5, 0.6) is 11.5 Å². The molecule has 0 bridgehead atoms. The van der Waals surface area contributed by atoms with E-state index >= 15 is 0 Å². The summed E-state index contributed by atoms with van der Waals surface area (Å²) >= 11 is 0. The normalized spacial score (nSPS) is 11.9. The van der Waals surface area contributed by atoms with Crippen molar-refractivity contribution in [3.63, 3.8) is 0 Å². The lowest BCUT2D eigenvalue weighted by atomic mass is 10.2. The summed E-state index contributed by atoms with van der Waals surface area (Å²) in [6, 6.07) is 16.0. The Bertz CT molecular complexity index is 1540. The van der Waals surface area contributed by atoms with Gasteiger partial charge in [0.1, 0.15) is 28.1 Å². The third-order valence-corrected chi connectivity index (χ3v) is 5.21. The molecule has 5 aromatic rings. The van der Waals surface area contributed by atoms with Crippen LogP contribution in [0.1, 0.15) is 6.42 Å². The molecule has 9 heteroatoms. The van der Waals surface area contributed by atoms with E-state index in [1.54, 1.807) is 30.6 Å². The van der Waals surface area contributed by atoms with Gasteiger partial charge in [-0.3, -0.25) is 0 Å². The minimum Gasteiger partial charge on any atom is -0.493 e. The standard InChI is InChI=1S/C25H19F2N3O4/c26-20-6-4-18(13-21(20)27)33-10-2-9-32-17-5-7-24-19(12-17)22(29-31)14-25(34-24)23-11-16-3-1-8-30(16)15-28-23/h1,3-8,11-15,31H,2,9-10H2. The Labute approximate surface area is 192 Å². The van der Waals surface area contributed by atoms with Gasteiger partial charge >= 0.3 is 0 Å². The van der Waals surface area contributed by atoms with Gasteiger partial charge < -0.3 is 23.5 Å². The fourth-order valence-electron chi connectivity index (χ4n) is 3.52. The fourth-order valence-corrected chi connectivity index (χ4v) is 3.52. The molecule has 0 fully saturated rings. The molecule has 0 aliphatic carbocycles. The monoisotopic (exact) mass is 463 g/mol. The average Bonchev–Trinajstić information content (AvgIpc) is 3.33. The molecule has 0 amide bonds. The third kappa shape index (κ3) is 4.40. The molecular formula is C25H19F2N3O4. The molecule has 0 saturated carbocycles. The zero-order valence-corrected chi connectivity index (χ0v) is 17.8. The highest BCUT2D eigenvalue weighted by atomic mass is 19.2. The minimum atomic E-state index is -0.954. The summed E-state index contributed by atoms with van der Waals surface area (Å²) < 4.78 is 45.2. The van der Waals surface area contributed by atoms with E-state index in [2.05, 4.69) is 10.1 Å². The van der Waals surface area contributed by atoms with Crippen molar-refractivity contribution in [2.24, 2.45) is 5.16 Å². The molecule has 34 heavy (non-hydrogen) atoms. The zero-order valence-electron chi connectivity index (χ0n) is 17.8. The molecule has 0 saturated heterocycles. The summed E-state index contributed by atoms with van der Waals surface area (Å²) in [5.74, 6) is -0.599. The van der Waals surface area contributed by atoms with E-state index in [9.17, 15) is 14.0 Å². The predicted octanol–water partition coefficient (Wildman–Crippen LogP) is 5.16. The van der Waals surface area contributed by atoms with Crippen molar-refractivity contribution in [3.8, 4) is 23.0 Å². The number of hydrogen-bond acceptors (Lipinski definition) is 6. The van der Waals surface area contributed by atoms with Crippen LogP contribution < -0.4 is 14.8 Å². The van der Waals surface area contributed by atoms with Gasteiger partial charge in [-0.05, 0) is 48.5 Å². The van der Waals surface area contributed by atoms with Gasteiger partial charge in [0.2, 0.25) is 0 Å².